The van der Waals surface area contributed by atoms with E-state index in [-0.39, 0.29) is 30.3 Å². The van der Waals surface area contributed by atoms with Gasteiger partial charge in [-0.1, -0.05) is 19.4 Å². The van der Waals surface area contributed by atoms with Gasteiger partial charge >= 0.3 is 5.97 Å². The molecule has 0 bridgehead atoms. The van der Waals surface area contributed by atoms with Crippen LogP contribution in [0.4, 0.5) is 0 Å². The first-order valence-corrected chi connectivity index (χ1v) is 11.0. The third-order valence-electron chi connectivity index (χ3n) is 6.14. The number of ether oxygens (including phenoxy) is 5. The van der Waals surface area contributed by atoms with E-state index >= 15 is 0 Å². The standard InChI is InChI=1S/C17H28O5.C5H8O2/c18-16(7-3-1-4-8-16)19-12-13-11-14-15(20-13)22-17(21-14)9-5-2-6-10-17;1-4(2)5(6)7-3/h13-15,18H,1-12H2;1H2,2-3H3/t13-,14-,15-;/m0./s1. The highest BCUT2D eigenvalue weighted by Crippen LogP contribution is 2.45. The van der Waals surface area contributed by atoms with Gasteiger partial charge in [-0.3, -0.25) is 0 Å². The quantitative estimate of drug-likeness (QED) is 0.429. The van der Waals surface area contributed by atoms with Crippen LogP contribution in [0.15, 0.2) is 12.2 Å². The van der Waals surface area contributed by atoms with Crippen molar-refractivity contribution in [1.29, 1.82) is 0 Å². The van der Waals surface area contributed by atoms with Crippen LogP contribution in [0.5, 0.6) is 0 Å². The molecule has 3 atom stereocenters. The summed E-state index contributed by atoms with van der Waals surface area (Å²) in [6.45, 7) is 5.39. The highest BCUT2D eigenvalue weighted by molar-refractivity contribution is 5.86. The molecule has 7 heteroatoms. The van der Waals surface area contributed by atoms with E-state index in [4.69, 9.17) is 18.9 Å². The Labute approximate surface area is 173 Å². The fourth-order valence-electron chi connectivity index (χ4n) is 4.53. The fraction of sp³-hybridized carbons (Fsp3) is 0.864. The van der Waals surface area contributed by atoms with Crippen LogP contribution in [0.2, 0.25) is 0 Å². The summed E-state index contributed by atoms with van der Waals surface area (Å²) in [6.07, 6.45) is 11.0. The van der Waals surface area contributed by atoms with E-state index < -0.39 is 5.79 Å². The number of hydrogen-bond acceptors (Lipinski definition) is 7. The molecule has 2 saturated carbocycles. The summed E-state index contributed by atoms with van der Waals surface area (Å²) in [7, 11) is 1.33. The maximum absolute atomic E-state index is 10.4. The van der Waals surface area contributed by atoms with Gasteiger partial charge in [-0.25, -0.2) is 4.79 Å². The van der Waals surface area contributed by atoms with Crippen LogP contribution in [0.25, 0.3) is 0 Å². The lowest BCUT2D eigenvalue weighted by atomic mass is 9.94. The van der Waals surface area contributed by atoms with E-state index in [1.165, 1.54) is 32.8 Å². The van der Waals surface area contributed by atoms with Crippen LogP contribution in [0, 0.1) is 0 Å². The number of aliphatic hydroxyl groups is 1. The summed E-state index contributed by atoms with van der Waals surface area (Å²) < 4.78 is 28.3. The normalized spacial score (nSPS) is 32.2. The van der Waals surface area contributed by atoms with Crippen LogP contribution in [0.1, 0.15) is 77.6 Å². The Morgan fingerprint density at radius 1 is 1.07 bits per heavy atom. The predicted octanol–water partition coefficient (Wildman–Crippen LogP) is 3.58. The largest absolute Gasteiger partial charge is 0.466 e. The molecule has 0 aromatic carbocycles. The summed E-state index contributed by atoms with van der Waals surface area (Å²) in [5.41, 5.74) is 0.433. The number of methoxy groups -OCH3 is 1. The molecule has 2 heterocycles. The van der Waals surface area contributed by atoms with E-state index in [9.17, 15) is 9.90 Å². The van der Waals surface area contributed by atoms with Gasteiger partial charge in [0.1, 0.15) is 6.10 Å². The second kappa shape index (κ2) is 9.88. The first kappa shape index (κ1) is 22.7. The van der Waals surface area contributed by atoms with E-state index in [1.807, 2.05) is 0 Å². The average Bonchev–Trinajstić information content (AvgIpc) is 3.22. The lowest BCUT2D eigenvalue weighted by molar-refractivity contribution is -0.260. The molecule has 4 fully saturated rings. The van der Waals surface area contributed by atoms with Crippen LogP contribution in [-0.4, -0.2) is 54.9 Å². The van der Waals surface area contributed by atoms with E-state index in [0.717, 1.165) is 44.9 Å². The Morgan fingerprint density at radius 2 is 1.69 bits per heavy atom. The minimum Gasteiger partial charge on any atom is -0.466 e. The van der Waals surface area contributed by atoms with E-state index in [1.54, 1.807) is 6.92 Å². The van der Waals surface area contributed by atoms with Gasteiger partial charge in [-0.05, 0) is 32.6 Å². The monoisotopic (exact) mass is 412 g/mol. The van der Waals surface area contributed by atoms with Crippen molar-refractivity contribution in [3.8, 4) is 0 Å². The second-order valence-corrected chi connectivity index (χ2v) is 8.70. The van der Waals surface area contributed by atoms with Gasteiger partial charge in [0.15, 0.2) is 17.9 Å². The molecule has 1 N–H and O–H groups in total. The zero-order valence-corrected chi connectivity index (χ0v) is 17.8. The second-order valence-electron chi connectivity index (χ2n) is 8.70. The molecule has 7 nitrogen and oxygen atoms in total. The Balaban J connectivity index is 0.000000298. The molecule has 4 aliphatic rings. The predicted molar refractivity (Wildman–Crippen MR) is 106 cm³/mol. The van der Waals surface area contributed by atoms with E-state index in [2.05, 4.69) is 11.3 Å². The van der Waals surface area contributed by atoms with Crippen LogP contribution in [-0.2, 0) is 28.5 Å². The Bertz CT molecular complexity index is 548. The van der Waals surface area contributed by atoms with Crippen molar-refractivity contribution in [2.75, 3.05) is 13.7 Å². The third kappa shape index (κ3) is 6.01. The van der Waals surface area contributed by atoms with Gasteiger partial charge in [0.25, 0.3) is 0 Å². The lowest BCUT2D eigenvalue weighted by Crippen LogP contribution is -2.38. The highest BCUT2D eigenvalue weighted by atomic mass is 16.8. The fourth-order valence-corrected chi connectivity index (χ4v) is 4.53. The van der Waals surface area contributed by atoms with Gasteiger partial charge in [0.2, 0.25) is 0 Å². The van der Waals surface area contributed by atoms with Gasteiger partial charge < -0.3 is 28.8 Å². The Hall–Kier alpha value is -0.990. The maximum atomic E-state index is 10.4. The molecule has 0 aromatic rings. The summed E-state index contributed by atoms with van der Waals surface area (Å²) in [4.78, 5) is 10.2. The van der Waals surface area contributed by atoms with Crippen molar-refractivity contribution >= 4 is 5.97 Å². The van der Waals surface area contributed by atoms with Crippen LogP contribution in [0.3, 0.4) is 0 Å². The SMILES string of the molecule is C=C(C)C(=O)OC.OC1(OC[C@@H]2C[C@@H]3OC4(CCCCC4)O[C@@H]3O2)CCCCC1. The number of hydrogen-bond donors (Lipinski definition) is 1. The molecule has 166 valence electrons. The van der Waals surface area contributed by atoms with Gasteiger partial charge in [0.05, 0.1) is 19.8 Å². The lowest BCUT2D eigenvalue weighted by Gasteiger charge is -2.34. The zero-order valence-electron chi connectivity index (χ0n) is 17.8. The van der Waals surface area contributed by atoms with Gasteiger partial charge in [0, 0.05) is 37.7 Å². The molecular formula is C22H36O7. The molecule has 2 aliphatic carbocycles. The van der Waals surface area contributed by atoms with Crippen molar-refractivity contribution in [1.82, 2.24) is 0 Å². The molecule has 2 aliphatic heterocycles. The number of fused-ring (bicyclic) bond motifs is 1. The maximum Gasteiger partial charge on any atom is 0.332 e. The molecular weight excluding hydrogens is 376 g/mol. The molecule has 1 spiro atoms. The molecule has 2 saturated heterocycles. The number of esters is 1. The molecule has 0 amide bonds. The zero-order chi connectivity index (χ0) is 20.9. The molecule has 0 unspecified atom stereocenters. The number of carbonyl (C=O) groups is 1. The van der Waals surface area contributed by atoms with Crippen molar-refractivity contribution < 1.29 is 33.6 Å². The number of carbonyl (C=O) groups excluding carboxylic acids is 1. The smallest absolute Gasteiger partial charge is 0.332 e. The van der Waals surface area contributed by atoms with Crippen LogP contribution < -0.4 is 0 Å². The van der Waals surface area contributed by atoms with Crippen molar-refractivity contribution in [3.63, 3.8) is 0 Å². The van der Waals surface area contributed by atoms with Crippen molar-refractivity contribution in [3.05, 3.63) is 12.2 Å². The Morgan fingerprint density at radius 3 is 2.21 bits per heavy atom. The van der Waals surface area contributed by atoms with Crippen molar-refractivity contribution in [2.24, 2.45) is 0 Å². The van der Waals surface area contributed by atoms with E-state index in [0.29, 0.717) is 12.2 Å². The highest BCUT2D eigenvalue weighted by Gasteiger charge is 2.53. The summed E-state index contributed by atoms with van der Waals surface area (Å²) in [5.74, 6) is -1.66. The molecule has 0 aromatic heterocycles. The molecule has 4 rings (SSSR count). The van der Waals surface area contributed by atoms with Crippen LogP contribution >= 0.6 is 0 Å². The molecule has 0 radical (unpaired) electrons. The average molecular weight is 413 g/mol. The summed E-state index contributed by atoms with van der Waals surface area (Å²) in [6, 6.07) is 0. The van der Waals surface area contributed by atoms with Gasteiger partial charge in [-0.2, -0.15) is 0 Å². The minimum atomic E-state index is -0.939. The first-order chi connectivity index (χ1) is 13.8. The first-order valence-electron chi connectivity index (χ1n) is 11.0. The topological polar surface area (TPSA) is 83.5 Å². The Kier molecular flexibility index (Phi) is 7.73. The van der Waals surface area contributed by atoms with Crippen molar-refractivity contribution in [2.45, 2.75) is 108 Å². The summed E-state index contributed by atoms with van der Waals surface area (Å²) in [5, 5.41) is 10.4. The number of rotatable bonds is 4. The molecule has 29 heavy (non-hydrogen) atoms. The third-order valence-corrected chi connectivity index (χ3v) is 6.14. The summed E-state index contributed by atoms with van der Waals surface area (Å²) >= 11 is 0. The van der Waals surface area contributed by atoms with Gasteiger partial charge in [-0.15, -0.1) is 0 Å². The minimum absolute atomic E-state index is 0.0260.